The fourth-order valence-corrected chi connectivity index (χ4v) is 3.64. The van der Waals surface area contributed by atoms with Gasteiger partial charge in [0.2, 0.25) is 0 Å². The highest BCUT2D eigenvalue weighted by molar-refractivity contribution is 5.43. The Morgan fingerprint density at radius 2 is 2.00 bits per heavy atom. The number of benzene rings is 1. The summed E-state index contributed by atoms with van der Waals surface area (Å²) in [7, 11) is 0. The minimum atomic E-state index is -0.523. The van der Waals surface area contributed by atoms with Crippen LogP contribution >= 0.6 is 0 Å². The van der Waals surface area contributed by atoms with Crippen molar-refractivity contribution in [3.63, 3.8) is 0 Å². The SMILES string of the molecule is Nc1cccc(OCC(O)CN2C3CCC2CC(O)C3)c1. The van der Waals surface area contributed by atoms with E-state index in [1.54, 1.807) is 12.1 Å². The molecule has 0 aromatic heterocycles. The van der Waals surface area contributed by atoms with Crippen LogP contribution in [0, 0.1) is 0 Å². The van der Waals surface area contributed by atoms with E-state index in [-0.39, 0.29) is 12.7 Å². The third kappa shape index (κ3) is 3.48. The number of rotatable bonds is 5. The summed E-state index contributed by atoms with van der Waals surface area (Å²) in [6, 6.07) is 8.07. The highest BCUT2D eigenvalue weighted by atomic mass is 16.5. The third-order valence-corrected chi connectivity index (χ3v) is 4.58. The Morgan fingerprint density at radius 3 is 2.67 bits per heavy atom. The molecule has 5 nitrogen and oxygen atoms in total. The van der Waals surface area contributed by atoms with Gasteiger partial charge in [0.25, 0.3) is 0 Å². The quantitative estimate of drug-likeness (QED) is 0.706. The fourth-order valence-electron chi connectivity index (χ4n) is 3.64. The van der Waals surface area contributed by atoms with Crippen molar-refractivity contribution in [1.82, 2.24) is 4.90 Å². The first kappa shape index (κ1) is 14.6. The van der Waals surface area contributed by atoms with Crippen LogP contribution in [0.3, 0.4) is 0 Å². The van der Waals surface area contributed by atoms with Gasteiger partial charge in [0.05, 0.1) is 6.10 Å². The summed E-state index contributed by atoms with van der Waals surface area (Å²) >= 11 is 0. The topological polar surface area (TPSA) is 79.0 Å². The lowest BCUT2D eigenvalue weighted by Gasteiger charge is -2.38. The van der Waals surface area contributed by atoms with Gasteiger partial charge in [-0.1, -0.05) is 6.07 Å². The van der Waals surface area contributed by atoms with Gasteiger partial charge in [0.15, 0.2) is 0 Å². The van der Waals surface area contributed by atoms with Gasteiger partial charge < -0.3 is 20.7 Å². The number of hydrogen-bond acceptors (Lipinski definition) is 5. The zero-order valence-electron chi connectivity index (χ0n) is 12.2. The van der Waals surface area contributed by atoms with Gasteiger partial charge >= 0.3 is 0 Å². The summed E-state index contributed by atoms with van der Waals surface area (Å²) in [5.41, 5.74) is 6.36. The van der Waals surface area contributed by atoms with E-state index in [2.05, 4.69) is 4.90 Å². The Kier molecular flexibility index (Phi) is 4.33. The van der Waals surface area contributed by atoms with Crippen LogP contribution in [0.25, 0.3) is 0 Å². The molecule has 21 heavy (non-hydrogen) atoms. The van der Waals surface area contributed by atoms with Crippen LogP contribution in [0.2, 0.25) is 0 Å². The van der Waals surface area contributed by atoms with Crippen molar-refractivity contribution in [3.8, 4) is 5.75 Å². The van der Waals surface area contributed by atoms with Crippen molar-refractivity contribution in [2.45, 2.75) is 50.0 Å². The lowest BCUT2D eigenvalue weighted by molar-refractivity contribution is -0.00214. The molecule has 1 aromatic rings. The average Bonchev–Trinajstić information content (AvgIpc) is 2.69. The monoisotopic (exact) mass is 292 g/mol. The second-order valence-corrected chi connectivity index (χ2v) is 6.24. The van der Waals surface area contributed by atoms with Crippen LogP contribution in [-0.2, 0) is 0 Å². The summed E-state index contributed by atoms with van der Waals surface area (Å²) < 4.78 is 5.60. The van der Waals surface area contributed by atoms with Crippen LogP contribution in [0.4, 0.5) is 5.69 Å². The molecule has 116 valence electrons. The van der Waals surface area contributed by atoms with Gasteiger partial charge in [-0.2, -0.15) is 0 Å². The first-order valence-corrected chi connectivity index (χ1v) is 7.72. The summed E-state index contributed by atoms with van der Waals surface area (Å²) in [6.07, 6.45) is 3.23. The number of nitrogens with two attached hydrogens (primary N) is 1. The number of aliphatic hydroxyl groups is 2. The molecule has 2 fully saturated rings. The molecule has 3 atom stereocenters. The second-order valence-electron chi connectivity index (χ2n) is 6.24. The molecule has 3 unspecified atom stereocenters. The number of fused-ring (bicyclic) bond motifs is 2. The molecule has 3 rings (SSSR count). The lowest BCUT2D eigenvalue weighted by atomic mass is 9.99. The van der Waals surface area contributed by atoms with Crippen LogP contribution < -0.4 is 10.5 Å². The van der Waals surface area contributed by atoms with E-state index in [1.165, 1.54) is 0 Å². The van der Waals surface area contributed by atoms with E-state index in [1.807, 2.05) is 12.1 Å². The smallest absolute Gasteiger partial charge is 0.121 e. The van der Waals surface area contributed by atoms with E-state index in [0.717, 1.165) is 25.7 Å². The van der Waals surface area contributed by atoms with Crippen molar-refractivity contribution >= 4 is 5.69 Å². The largest absolute Gasteiger partial charge is 0.491 e. The summed E-state index contributed by atoms with van der Waals surface area (Å²) in [5, 5.41) is 20.0. The Hall–Kier alpha value is -1.30. The zero-order chi connectivity index (χ0) is 14.8. The van der Waals surface area contributed by atoms with Crippen molar-refractivity contribution in [2.75, 3.05) is 18.9 Å². The van der Waals surface area contributed by atoms with Crippen LogP contribution in [0.15, 0.2) is 24.3 Å². The third-order valence-electron chi connectivity index (χ3n) is 4.58. The molecular formula is C16H24N2O3. The number of nitrogens with zero attached hydrogens (tertiary/aromatic N) is 1. The summed E-state index contributed by atoms with van der Waals surface area (Å²) in [5.74, 6) is 0.686. The maximum atomic E-state index is 10.2. The second kappa shape index (κ2) is 6.22. The Balaban J connectivity index is 1.49. The van der Waals surface area contributed by atoms with Crippen molar-refractivity contribution in [2.24, 2.45) is 0 Å². The zero-order valence-corrected chi connectivity index (χ0v) is 12.2. The van der Waals surface area contributed by atoms with Gasteiger partial charge in [0.1, 0.15) is 18.5 Å². The minimum Gasteiger partial charge on any atom is -0.491 e. The van der Waals surface area contributed by atoms with Gasteiger partial charge in [-0.15, -0.1) is 0 Å². The highest BCUT2D eigenvalue weighted by Crippen LogP contribution is 2.35. The number of piperidine rings is 1. The summed E-state index contributed by atoms with van der Waals surface area (Å²) in [6.45, 7) is 0.881. The number of hydrogen-bond donors (Lipinski definition) is 3. The predicted octanol–water partition coefficient (Wildman–Crippen LogP) is 0.996. The molecule has 0 aliphatic carbocycles. The first-order valence-electron chi connectivity index (χ1n) is 7.72. The molecule has 0 spiro atoms. The Bertz CT molecular complexity index is 468. The van der Waals surface area contributed by atoms with Gasteiger partial charge in [0, 0.05) is 30.4 Å². The van der Waals surface area contributed by atoms with E-state index in [9.17, 15) is 10.2 Å². The molecule has 0 radical (unpaired) electrons. The Labute approximate surface area is 125 Å². The number of nitrogen functional groups attached to an aromatic ring is 1. The highest BCUT2D eigenvalue weighted by Gasteiger charge is 2.40. The van der Waals surface area contributed by atoms with Crippen LogP contribution in [-0.4, -0.2) is 52.6 Å². The van der Waals surface area contributed by atoms with Crippen molar-refractivity contribution in [3.05, 3.63) is 24.3 Å². The van der Waals surface area contributed by atoms with Crippen LogP contribution in [0.1, 0.15) is 25.7 Å². The van der Waals surface area contributed by atoms with E-state index in [0.29, 0.717) is 30.1 Å². The number of ether oxygens (including phenoxy) is 1. The predicted molar refractivity (Wildman–Crippen MR) is 81.1 cm³/mol. The van der Waals surface area contributed by atoms with E-state index >= 15 is 0 Å². The van der Waals surface area contributed by atoms with Crippen molar-refractivity contribution < 1.29 is 14.9 Å². The molecule has 2 saturated heterocycles. The maximum Gasteiger partial charge on any atom is 0.121 e. The van der Waals surface area contributed by atoms with E-state index in [4.69, 9.17) is 10.5 Å². The molecule has 5 heteroatoms. The first-order chi connectivity index (χ1) is 10.1. The molecule has 2 bridgehead atoms. The standard InChI is InChI=1S/C16H24N2O3/c17-11-2-1-3-16(6-11)21-10-15(20)9-18-12-4-5-13(18)8-14(19)7-12/h1-3,6,12-15,19-20H,4-5,7-10,17H2. The van der Waals surface area contributed by atoms with Crippen molar-refractivity contribution in [1.29, 1.82) is 0 Å². The average molecular weight is 292 g/mol. The molecular weight excluding hydrogens is 268 g/mol. The summed E-state index contributed by atoms with van der Waals surface area (Å²) in [4.78, 5) is 2.35. The Morgan fingerprint density at radius 1 is 1.29 bits per heavy atom. The van der Waals surface area contributed by atoms with Crippen LogP contribution in [0.5, 0.6) is 5.75 Å². The lowest BCUT2D eigenvalue weighted by Crippen LogP contribution is -2.48. The molecule has 0 saturated carbocycles. The number of anilines is 1. The fraction of sp³-hybridized carbons (Fsp3) is 0.625. The molecule has 2 aliphatic rings. The van der Waals surface area contributed by atoms with Gasteiger partial charge in [-0.05, 0) is 37.8 Å². The number of aliphatic hydroxyl groups excluding tert-OH is 2. The van der Waals surface area contributed by atoms with Gasteiger partial charge in [-0.25, -0.2) is 0 Å². The molecule has 2 aliphatic heterocycles. The molecule has 2 heterocycles. The molecule has 0 amide bonds. The van der Waals surface area contributed by atoms with E-state index < -0.39 is 6.10 Å². The molecule has 1 aromatic carbocycles. The maximum absolute atomic E-state index is 10.2. The van der Waals surface area contributed by atoms with Gasteiger partial charge in [-0.3, -0.25) is 4.90 Å². The minimum absolute atomic E-state index is 0.167. The normalized spacial score (nSPS) is 30.3. The molecule has 4 N–H and O–H groups in total.